The third kappa shape index (κ3) is 3.84. The van der Waals surface area contributed by atoms with Crippen LogP contribution in [0.4, 0.5) is 4.79 Å². The first-order valence-corrected chi connectivity index (χ1v) is 9.00. The van der Waals surface area contributed by atoms with Gasteiger partial charge in [-0.1, -0.05) is 0 Å². The fraction of sp³-hybridized carbons (Fsp3) is 0.750. The summed E-state index contributed by atoms with van der Waals surface area (Å²) < 4.78 is 34.7. The van der Waals surface area contributed by atoms with E-state index in [-0.39, 0.29) is 19.1 Å². The van der Waals surface area contributed by atoms with Crippen molar-refractivity contribution in [1.29, 1.82) is 0 Å². The molecule has 0 unspecified atom stereocenters. The van der Waals surface area contributed by atoms with Crippen LogP contribution >= 0.6 is 0 Å². The summed E-state index contributed by atoms with van der Waals surface area (Å²) in [5, 5.41) is 0.568. The van der Waals surface area contributed by atoms with E-state index in [0.717, 1.165) is 4.90 Å². The third-order valence-electron chi connectivity index (χ3n) is 4.40. The molecule has 2 bridgehead atoms. The Labute approximate surface area is 143 Å². The second kappa shape index (κ2) is 6.74. The first-order valence-electron chi connectivity index (χ1n) is 7.63. The van der Waals surface area contributed by atoms with Gasteiger partial charge in [-0.3, -0.25) is 19.0 Å². The molecule has 25 heavy (non-hydrogen) atoms. The molecule has 2 N–H and O–H groups in total. The maximum atomic E-state index is 12.3. The van der Waals surface area contributed by atoms with Crippen molar-refractivity contribution in [2.24, 2.45) is 0 Å². The van der Waals surface area contributed by atoms with Crippen molar-refractivity contribution in [1.82, 2.24) is 20.3 Å². The van der Waals surface area contributed by atoms with Crippen LogP contribution in [0.3, 0.4) is 0 Å². The molecule has 0 saturated carbocycles. The van der Waals surface area contributed by atoms with E-state index in [9.17, 15) is 22.8 Å². The highest BCUT2D eigenvalue weighted by Crippen LogP contribution is 2.30. The van der Waals surface area contributed by atoms with Crippen LogP contribution in [0.25, 0.3) is 0 Å². The lowest BCUT2D eigenvalue weighted by atomic mass is 10.0. The van der Waals surface area contributed by atoms with Crippen molar-refractivity contribution in [2.75, 3.05) is 19.6 Å². The second-order valence-electron chi connectivity index (χ2n) is 6.04. The van der Waals surface area contributed by atoms with E-state index in [4.69, 9.17) is 9.39 Å². The van der Waals surface area contributed by atoms with Crippen LogP contribution in [-0.2, 0) is 29.1 Å². The lowest BCUT2D eigenvalue weighted by Crippen LogP contribution is -2.50. The summed E-state index contributed by atoms with van der Waals surface area (Å²) in [7, 11) is -4.83. The molecule has 13 heteroatoms. The normalized spacial score (nSPS) is 29.2. The largest absolute Gasteiger partial charge is 0.418 e. The smallest absolute Gasteiger partial charge is 0.332 e. The average Bonchev–Trinajstić information content (AvgIpc) is 3.11. The molecule has 1 radical (unpaired) electrons. The molecule has 0 aromatic rings. The summed E-state index contributed by atoms with van der Waals surface area (Å²) in [6, 6.07) is -2.22. The molecule has 3 aliphatic heterocycles. The van der Waals surface area contributed by atoms with Crippen molar-refractivity contribution in [3.63, 3.8) is 0 Å². The van der Waals surface area contributed by atoms with E-state index >= 15 is 0 Å². The summed E-state index contributed by atoms with van der Waals surface area (Å²) in [5.41, 5.74) is 2.29. The number of carbonyl (C=O) groups excluding carboxylic acids is 3. The number of hydrogen-bond acceptors (Lipinski definition) is 7. The lowest BCUT2D eigenvalue weighted by molar-refractivity contribution is -0.143. The van der Waals surface area contributed by atoms with Gasteiger partial charge in [0.15, 0.2) is 0 Å². The van der Waals surface area contributed by atoms with Crippen LogP contribution in [0.1, 0.15) is 19.3 Å². The van der Waals surface area contributed by atoms with Crippen molar-refractivity contribution in [3.05, 3.63) is 0 Å². The summed E-state index contributed by atoms with van der Waals surface area (Å²) in [4.78, 5) is 42.8. The first-order chi connectivity index (χ1) is 11.8. The highest BCUT2D eigenvalue weighted by atomic mass is 32.3. The Morgan fingerprint density at radius 3 is 2.68 bits per heavy atom. The molecule has 0 aromatic carbocycles. The highest BCUT2D eigenvalue weighted by Gasteiger charge is 2.49. The molecule has 0 spiro atoms. The molecule has 139 valence electrons. The molecule has 3 aliphatic rings. The number of rotatable bonds is 6. The van der Waals surface area contributed by atoms with Gasteiger partial charge in [0.1, 0.15) is 12.1 Å². The Kier molecular flexibility index (Phi) is 4.81. The number of fused-ring (bicyclic) bond motifs is 2. The molecule has 3 saturated heterocycles. The van der Waals surface area contributed by atoms with Crippen molar-refractivity contribution in [3.8, 4) is 0 Å². The van der Waals surface area contributed by atoms with Gasteiger partial charge < -0.3 is 9.80 Å². The number of hydroxylamine groups is 3. The van der Waals surface area contributed by atoms with E-state index in [0.29, 0.717) is 31.0 Å². The molecule has 0 aliphatic carbocycles. The van der Waals surface area contributed by atoms with Gasteiger partial charge in [-0.05, 0) is 19.3 Å². The molecular weight excluding hydrogens is 360 g/mol. The zero-order valence-corrected chi connectivity index (χ0v) is 13.8. The van der Waals surface area contributed by atoms with Gasteiger partial charge >= 0.3 is 22.8 Å². The lowest BCUT2D eigenvalue weighted by Gasteiger charge is -2.29. The van der Waals surface area contributed by atoms with Gasteiger partial charge in [-0.25, -0.2) is 10.3 Å². The molecular formula is C12H17N4O8S. The minimum absolute atomic E-state index is 0.101. The van der Waals surface area contributed by atoms with E-state index in [1.54, 1.807) is 6.41 Å². The maximum Gasteiger partial charge on any atom is 0.418 e. The van der Waals surface area contributed by atoms with Crippen LogP contribution in [0.2, 0.25) is 0 Å². The number of nitrogens with zero attached hydrogens (tertiary/aromatic N) is 3. The fourth-order valence-electron chi connectivity index (χ4n) is 3.22. The Morgan fingerprint density at radius 1 is 1.28 bits per heavy atom. The van der Waals surface area contributed by atoms with Gasteiger partial charge in [0, 0.05) is 19.6 Å². The SMILES string of the molecule is O=[C]N1CC[C@H](ONC(=O)[C@@H]2CC[C@@H]3CN2C(=O)N3OS(=O)(=O)O)C1. The number of carbonyl (C=O) groups is 2. The maximum absolute atomic E-state index is 12.3. The molecule has 3 atom stereocenters. The Hall–Kier alpha value is -1.96. The monoisotopic (exact) mass is 377 g/mol. The predicted molar refractivity (Wildman–Crippen MR) is 78.3 cm³/mol. The van der Waals surface area contributed by atoms with Gasteiger partial charge in [-0.2, -0.15) is 13.5 Å². The predicted octanol–water partition coefficient (Wildman–Crippen LogP) is -1.82. The summed E-state index contributed by atoms with van der Waals surface area (Å²) in [5.74, 6) is -0.547. The standard InChI is InChI=1S/C12H17N4O8S/c17-7-14-4-3-9(6-14)23-13-11(18)10-2-1-8-5-15(10)12(19)16(8)24-25(20,21)22/h8-10H,1-6H2,(H,13,18)(H,20,21,22)/t8-,9+,10+/m1/s1. The number of likely N-dealkylation sites (tertiary alicyclic amines) is 1. The summed E-state index contributed by atoms with van der Waals surface area (Å²) >= 11 is 0. The summed E-state index contributed by atoms with van der Waals surface area (Å²) in [6.45, 7) is 0.903. The van der Waals surface area contributed by atoms with Gasteiger partial charge in [0.25, 0.3) is 5.91 Å². The van der Waals surface area contributed by atoms with Crippen LogP contribution < -0.4 is 5.48 Å². The van der Waals surface area contributed by atoms with Crippen LogP contribution in [-0.4, -0.2) is 84.0 Å². The average molecular weight is 377 g/mol. The quantitative estimate of drug-likeness (QED) is 0.406. The van der Waals surface area contributed by atoms with Gasteiger partial charge in [0.05, 0.1) is 6.04 Å². The van der Waals surface area contributed by atoms with Crippen molar-refractivity contribution >= 4 is 28.7 Å². The first kappa shape index (κ1) is 17.8. The minimum atomic E-state index is -4.83. The molecule has 3 heterocycles. The molecule has 3 rings (SSSR count). The molecule has 3 fully saturated rings. The highest BCUT2D eigenvalue weighted by molar-refractivity contribution is 7.80. The summed E-state index contributed by atoms with van der Waals surface area (Å²) in [6.07, 6.45) is 2.56. The van der Waals surface area contributed by atoms with E-state index in [1.165, 1.54) is 4.90 Å². The zero-order valence-electron chi connectivity index (χ0n) is 13.0. The minimum Gasteiger partial charge on any atom is -0.332 e. The topological polar surface area (TPSA) is 146 Å². The Morgan fingerprint density at radius 2 is 2.04 bits per heavy atom. The van der Waals surface area contributed by atoms with Crippen LogP contribution in [0, 0.1) is 0 Å². The van der Waals surface area contributed by atoms with Crippen LogP contribution in [0.15, 0.2) is 0 Å². The van der Waals surface area contributed by atoms with Crippen LogP contribution in [0.5, 0.6) is 0 Å². The molecule has 0 aromatic heterocycles. The van der Waals surface area contributed by atoms with E-state index in [1.807, 2.05) is 0 Å². The van der Waals surface area contributed by atoms with E-state index in [2.05, 4.69) is 9.76 Å². The number of hydrogen-bond donors (Lipinski definition) is 2. The van der Waals surface area contributed by atoms with Crippen molar-refractivity contribution < 1.29 is 36.5 Å². The Bertz CT molecular complexity index is 670. The zero-order chi connectivity index (χ0) is 18.2. The second-order valence-corrected chi connectivity index (χ2v) is 7.05. The van der Waals surface area contributed by atoms with Crippen molar-refractivity contribution in [2.45, 2.75) is 37.5 Å². The number of piperidine rings is 1. The Balaban J connectivity index is 1.56. The van der Waals surface area contributed by atoms with Gasteiger partial charge in [-0.15, -0.1) is 4.28 Å². The molecule has 4 amide bonds. The van der Waals surface area contributed by atoms with E-state index < -0.39 is 34.4 Å². The number of amides is 4. The van der Waals surface area contributed by atoms with Gasteiger partial charge in [0.2, 0.25) is 0 Å². The fourth-order valence-corrected chi connectivity index (χ4v) is 3.61. The third-order valence-corrected chi connectivity index (χ3v) is 4.75. The number of nitrogens with one attached hydrogen (secondary N) is 1. The number of urea groups is 1. The molecule has 12 nitrogen and oxygen atoms in total.